The summed E-state index contributed by atoms with van der Waals surface area (Å²) >= 11 is 4.22. The van der Waals surface area contributed by atoms with E-state index in [1.807, 2.05) is 0 Å². The number of amides is 2. The number of nitrogens with one attached hydrogen (secondary N) is 3. The minimum Gasteiger partial charge on any atom is -0.471 e. The van der Waals surface area contributed by atoms with E-state index in [1.165, 1.54) is 88.3 Å². The molecule has 2 amide bonds. The van der Waals surface area contributed by atoms with E-state index in [1.54, 1.807) is 20.8 Å². The van der Waals surface area contributed by atoms with Crippen molar-refractivity contribution in [2.24, 2.45) is 5.41 Å². The molecule has 0 radical (unpaired) electrons. The van der Waals surface area contributed by atoms with Crippen molar-refractivity contribution in [2.45, 2.75) is 128 Å². The molecule has 52 heavy (non-hydrogen) atoms. The zero-order chi connectivity index (χ0) is 38.9. The van der Waals surface area contributed by atoms with E-state index < -0.39 is 50.0 Å². The molecule has 15 heteroatoms. The maximum Gasteiger partial charge on any atom is 0.273 e. The summed E-state index contributed by atoms with van der Waals surface area (Å²) < 4.78 is 48.9. The Hall–Kier alpha value is -3.17. The number of Topliss-reactive ketones (excluding diaryl/α,β-unsaturated/α-hetero) is 2. The van der Waals surface area contributed by atoms with E-state index in [2.05, 4.69) is 23.0 Å². The molecule has 2 aromatic carbocycles. The zero-order valence-corrected chi connectivity index (χ0v) is 33.5. The van der Waals surface area contributed by atoms with Crippen molar-refractivity contribution in [3.8, 4) is 5.75 Å². The van der Waals surface area contributed by atoms with Crippen LogP contribution in [-0.4, -0.2) is 54.4 Å². The molecule has 0 aliphatic heterocycles. The first-order chi connectivity index (χ1) is 24.5. The van der Waals surface area contributed by atoms with E-state index in [9.17, 15) is 31.8 Å². The number of sulfone groups is 1. The van der Waals surface area contributed by atoms with E-state index in [4.69, 9.17) is 20.6 Å². The summed E-state index contributed by atoms with van der Waals surface area (Å²) in [5.74, 6) is -2.49. The van der Waals surface area contributed by atoms with Crippen molar-refractivity contribution in [3.63, 3.8) is 0 Å². The summed E-state index contributed by atoms with van der Waals surface area (Å²) in [6, 6.07) is 7.80. The van der Waals surface area contributed by atoms with Crippen LogP contribution in [0.4, 0.5) is 11.4 Å². The number of carbonyl (C=O) groups excluding carboxylic acids is 4. The summed E-state index contributed by atoms with van der Waals surface area (Å²) in [6.07, 6.45) is 10.3. The van der Waals surface area contributed by atoms with Crippen LogP contribution in [0.1, 0.15) is 112 Å². The topological polar surface area (TPSA) is 174 Å². The van der Waals surface area contributed by atoms with Crippen molar-refractivity contribution in [1.29, 1.82) is 0 Å². The molecule has 290 valence electrons. The van der Waals surface area contributed by atoms with Crippen LogP contribution in [0.5, 0.6) is 5.75 Å². The largest absolute Gasteiger partial charge is 0.471 e. The summed E-state index contributed by atoms with van der Waals surface area (Å²) in [6.45, 7) is 9.66. The summed E-state index contributed by atoms with van der Waals surface area (Å²) in [4.78, 5) is 51.1. The minimum absolute atomic E-state index is 0.00125. The second kappa shape index (κ2) is 22.1. The molecule has 0 aromatic heterocycles. The highest BCUT2D eigenvalue weighted by Gasteiger charge is 2.30. The third-order valence-corrected chi connectivity index (χ3v) is 11.0. The van der Waals surface area contributed by atoms with Crippen molar-refractivity contribution in [2.75, 3.05) is 22.9 Å². The zero-order valence-electron chi connectivity index (χ0n) is 31.1. The molecule has 2 unspecified atom stereocenters. The van der Waals surface area contributed by atoms with Gasteiger partial charge in [0, 0.05) is 11.8 Å². The Bertz CT molecular complexity index is 1660. The van der Waals surface area contributed by atoms with Crippen molar-refractivity contribution >= 4 is 67.3 Å². The number of carbonyl (C=O) groups is 4. The molecule has 2 rings (SSSR count). The lowest BCUT2D eigenvalue weighted by molar-refractivity contribution is -0.133. The predicted molar refractivity (Wildman–Crippen MR) is 204 cm³/mol. The van der Waals surface area contributed by atoms with Gasteiger partial charge in [-0.05, 0) is 49.7 Å². The molecule has 0 fully saturated rings. The molecule has 2 atom stereocenters. The molecule has 0 bridgehead atoms. The molecule has 0 saturated heterocycles. The summed E-state index contributed by atoms with van der Waals surface area (Å²) in [7, 11) is -3.67. The minimum atomic E-state index is -3.67. The van der Waals surface area contributed by atoms with Gasteiger partial charge in [-0.2, -0.15) is 9.76 Å². The first-order valence-electron chi connectivity index (χ1n) is 17.8. The fourth-order valence-electron chi connectivity index (χ4n) is 4.84. The van der Waals surface area contributed by atoms with Crippen molar-refractivity contribution in [1.82, 2.24) is 5.48 Å². The monoisotopic (exact) mass is 783 g/mol. The smallest absolute Gasteiger partial charge is 0.273 e. The lowest BCUT2D eigenvalue weighted by atomic mass is 9.95. The Kier molecular flexibility index (Phi) is 19.2. The van der Waals surface area contributed by atoms with Gasteiger partial charge in [0.05, 0.1) is 38.5 Å². The first-order valence-corrected chi connectivity index (χ1v) is 20.9. The number of hydrogen-bond acceptors (Lipinski definition) is 10. The maximum absolute atomic E-state index is 13.4. The highest BCUT2D eigenvalue weighted by molar-refractivity contribution is 7.91. The molecule has 0 saturated carbocycles. The van der Waals surface area contributed by atoms with Crippen LogP contribution in [0.15, 0.2) is 46.2 Å². The van der Waals surface area contributed by atoms with Crippen LogP contribution in [0.25, 0.3) is 0 Å². The first kappa shape index (κ1) is 45.0. The fourth-order valence-corrected chi connectivity index (χ4v) is 6.57. The Balaban J connectivity index is 2.02. The van der Waals surface area contributed by atoms with Crippen LogP contribution in [0.2, 0.25) is 5.02 Å². The van der Waals surface area contributed by atoms with E-state index >= 15 is 0 Å². The summed E-state index contributed by atoms with van der Waals surface area (Å²) in [5, 5.41) is 5.19. The average molecular weight is 784 g/mol. The van der Waals surface area contributed by atoms with E-state index in [0.29, 0.717) is 6.42 Å². The highest BCUT2D eigenvalue weighted by atomic mass is 35.5. The molecule has 12 nitrogen and oxygen atoms in total. The number of ketones is 2. The molecule has 0 aliphatic carbocycles. The molecule has 0 spiro atoms. The molecule has 0 heterocycles. The van der Waals surface area contributed by atoms with Gasteiger partial charge in [-0.3, -0.25) is 19.2 Å². The third kappa shape index (κ3) is 15.4. The van der Waals surface area contributed by atoms with Gasteiger partial charge in [-0.1, -0.05) is 104 Å². The fraction of sp³-hybridized carbons (Fsp3) is 0.568. The van der Waals surface area contributed by atoms with Gasteiger partial charge in [0.25, 0.3) is 5.91 Å². The van der Waals surface area contributed by atoms with Gasteiger partial charge >= 0.3 is 0 Å². The lowest BCUT2D eigenvalue weighted by Crippen LogP contribution is -2.39. The number of halogens is 1. The number of unbranched alkanes of at least 4 members (excludes halogenated alkanes) is 9. The van der Waals surface area contributed by atoms with Gasteiger partial charge in [-0.15, -0.1) is 0 Å². The normalized spacial score (nSPS) is 12.9. The number of anilines is 2. The van der Waals surface area contributed by atoms with Crippen LogP contribution in [0.3, 0.4) is 0 Å². The quantitative estimate of drug-likeness (QED) is 0.0549. The number of rotatable bonds is 24. The molecular formula is C37H54ClN3O9S2. The lowest BCUT2D eigenvalue weighted by Gasteiger charge is -2.22. The van der Waals surface area contributed by atoms with E-state index in [-0.39, 0.29) is 50.0 Å². The number of benzene rings is 2. The van der Waals surface area contributed by atoms with Crippen molar-refractivity contribution in [3.05, 3.63) is 41.4 Å². The number of hydroxylamine groups is 1. The van der Waals surface area contributed by atoms with Crippen LogP contribution in [0, 0.1) is 5.41 Å². The van der Waals surface area contributed by atoms with Gasteiger partial charge in [0.15, 0.2) is 15.6 Å². The number of ether oxygens (including phenoxy) is 1. The highest BCUT2D eigenvalue weighted by Crippen LogP contribution is 2.32. The predicted octanol–water partition coefficient (Wildman–Crippen LogP) is 7.52. The molecule has 0 aliphatic rings. The molecule has 3 N–H and O–H groups in total. The molecular weight excluding hydrogens is 730 g/mol. The van der Waals surface area contributed by atoms with Gasteiger partial charge in [-0.25, -0.2) is 12.6 Å². The Morgan fingerprint density at radius 2 is 1.46 bits per heavy atom. The SMILES string of the molecule is CCCCCCCCCCCCC(=O)CNOS(=O)c1ccc(Cl)c(NC(=O)C(Oc2ccc(S(=O)(=O)CC)cc2NC(=O)C(C)(C)C)C(C)=O)c1. The maximum atomic E-state index is 13.4. The standard InChI is InChI=1S/C37H54ClN3O9S2/c1-7-9-10-11-12-13-14-15-16-17-18-27(43)25-39-50-51(46)28-19-21-30(38)31(23-28)40-35(44)34(26(3)42)49-33-22-20-29(52(47,48)8-2)24-32(33)41-36(45)37(4,5)6/h19-24,34,39H,7-18,25H2,1-6H3,(H,40,44)(H,41,45). The van der Waals surface area contributed by atoms with E-state index in [0.717, 1.165) is 26.2 Å². The van der Waals surface area contributed by atoms with Gasteiger partial charge in [0.1, 0.15) is 11.5 Å². The van der Waals surface area contributed by atoms with Gasteiger partial charge in [0.2, 0.25) is 23.1 Å². The second-order valence-electron chi connectivity index (χ2n) is 13.6. The van der Waals surface area contributed by atoms with Crippen LogP contribution >= 0.6 is 11.6 Å². The number of hydrogen-bond donors (Lipinski definition) is 3. The van der Waals surface area contributed by atoms with Crippen LogP contribution in [-0.2, 0) is 44.4 Å². The summed E-state index contributed by atoms with van der Waals surface area (Å²) in [5.41, 5.74) is 1.54. The van der Waals surface area contributed by atoms with Crippen LogP contribution < -0.4 is 20.9 Å². The average Bonchev–Trinajstić information content (AvgIpc) is 3.08. The molecule has 2 aromatic rings. The Labute approximate surface area is 316 Å². The van der Waals surface area contributed by atoms with Gasteiger partial charge < -0.3 is 15.4 Å². The van der Waals surface area contributed by atoms with Crippen molar-refractivity contribution < 1.29 is 40.8 Å². The Morgan fingerprint density at radius 1 is 0.846 bits per heavy atom. The second-order valence-corrected chi connectivity index (χ2v) is 17.4. The Morgan fingerprint density at radius 3 is 2.04 bits per heavy atom. The third-order valence-electron chi connectivity index (χ3n) is 8.07.